The summed E-state index contributed by atoms with van der Waals surface area (Å²) in [6.45, 7) is 3.99. The molecule has 2 aliphatic heterocycles. The van der Waals surface area contributed by atoms with Crippen molar-refractivity contribution in [2.24, 2.45) is 5.92 Å². The lowest BCUT2D eigenvalue weighted by atomic mass is 9.96. The Hall–Kier alpha value is -2.08. The number of rotatable bonds is 2. The average Bonchev–Trinajstić information content (AvgIpc) is 2.62. The second-order valence-corrected chi connectivity index (χ2v) is 6.16. The molecule has 1 aromatic rings. The van der Waals surface area contributed by atoms with Gasteiger partial charge >= 0.3 is 0 Å². The summed E-state index contributed by atoms with van der Waals surface area (Å²) < 4.78 is 0. The van der Waals surface area contributed by atoms with Crippen LogP contribution in [0.3, 0.4) is 0 Å². The first-order valence-corrected chi connectivity index (χ1v) is 8.23. The zero-order valence-corrected chi connectivity index (χ0v) is 13.2. The van der Waals surface area contributed by atoms with E-state index in [1.54, 1.807) is 23.1 Å². The summed E-state index contributed by atoms with van der Waals surface area (Å²) >= 11 is 0. The van der Waals surface area contributed by atoms with Crippen molar-refractivity contribution < 1.29 is 14.7 Å². The second-order valence-electron chi connectivity index (χ2n) is 6.16. The molecule has 6 nitrogen and oxygen atoms in total. The van der Waals surface area contributed by atoms with Gasteiger partial charge in [-0.05, 0) is 38.1 Å². The number of aromatic hydroxyl groups is 1. The zero-order chi connectivity index (χ0) is 16.2. The van der Waals surface area contributed by atoms with Crippen LogP contribution in [0.2, 0.25) is 0 Å². The summed E-state index contributed by atoms with van der Waals surface area (Å²) in [5, 5.41) is 13.1. The van der Waals surface area contributed by atoms with Gasteiger partial charge in [-0.2, -0.15) is 0 Å². The van der Waals surface area contributed by atoms with Crippen molar-refractivity contribution in [2.75, 3.05) is 39.3 Å². The number of piperazine rings is 1. The van der Waals surface area contributed by atoms with Gasteiger partial charge in [0, 0.05) is 32.1 Å². The van der Waals surface area contributed by atoms with Gasteiger partial charge in [0.2, 0.25) is 5.91 Å². The van der Waals surface area contributed by atoms with Crippen LogP contribution >= 0.6 is 0 Å². The molecule has 0 radical (unpaired) electrons. The molecule has 2 N–H and O–H groups in total. The number of phenols is 1. The maximum atomic E-state index is 12.5. The third kappa shape index (κ3) is 3.47. The molecule has 0 spiro atoms. The van der Waals surface area contributed by atoms with E-state index in [0.29, 0.717) is 31.7 Å². The summed E-state index contributed by atoms with van der Waals surface area (Å²) in [5.74, 6) is 0.181. The molecule has 2 amide bonds. The van der Waals surface area contributed by atoms with Crippen molar-refractivity contribution in [1.82, 2.24) is 15.1 Å². The molecule has 0 atom stereocenters. The maximum absolute atomic E-state index is 12.5. The van der Waals surface area contributed by atoms with Crippen LogP contribution in [0.15, 0.2) is 24.3 Å². The largest absolute Gasteiger partial charge is 0.507 e. The minimum atomic E-state index is -0.169. The maximum Gasteiger partial charge on any atom is 0.257 e. The minimum Gasteiger partial charge on any atom is -0.507 e. The average molecular weight is 317 g/mol. The van der Waals surface area contributed by atoms with Gasteiger partial charge in [0.05, 0.1) is 5.56 Å². The topological polar surface area (TPSA) is 72.9 Å². The van der Waals surface area contributed by atoms with Gasteiger partial charge in [-0.15, -0.1) is 0 Å². The third-order valence-electron chi connectivity index (χ3n) is 4.70. The van der Waals surface area contributed by atoms with Gasteiger partial charge in [-0.3, -0.25) is 9.59 Å². The molecular weight excluding hydrogens is 294 g/mol. The summed E-state index contributed by atoms with van der Waals surface area (Å²) in [4.78, 5) is 28.6. The van der Waals surface area contributed by atoms with Gasteiger partial charge in [-0.1, -0.05) is 12.1 Å². The third-order valence-corrected chi connectivity index (χ3v) is 4.70. The van der Waals surface area contributed by atoms with E-state index >= 15 is 0 Å². The number of nitrogens with zero attached hydrogens (tertiary/aromatic N) is 2. The molecule has 2 heterocycles. The molecule has 0 aliphatic carbocycles. The van der Waals surface area contributed by atoms with Crippen LogP contribution in [-0.4, -0.2) is 66.0 Å². The van der Waals surface area contributed by atoms with Crippen LogP contribution in [0.1, 0.15) is 23.2 Å². The molecule has 23 heavy (non-hydrogen) atoms. The molecule has 1 aromatic carbocycles. The number of phenolic OH excluding ortho intramolecular Hbond substituents is 1. The van der Waals surface area contributed by atoms with Gasteiger partial charge in [-0.25, -0.2) is 0 Å². The highest BCUT2D eigenvalue weighted by Gasteiger charge is 2.30. The SMILES string of the molecule is O=C(c1ccccc1O)N1CCN(C(=O)C2CCNCC2)CC1. The molecular formula is C17H23N3O3. The molecule has 6 heteroatoms. The standard InChI is InChI=1S/C17H23N3O3/c21-15-4-2-1-3-14(15)17(23)20-11-9-19(10-12-20)16(22)13-5-7-18-8-6-13/h1-4,13,18,21H,5-12H2. The van der Waals surface area contributed by atoms with E-state index in [4.69, 9.17) is 0 Å². The Morgan fingerprint density at radius 1 is 1.00 bits per heavy atom. The highest BCUT2D eigenvalue weighted by Crippen LogP contribution is 2.20. The minimum absolute atomic E-state index is 0.00529. The number of para-hydroxylation sites is 1. The van der Waals surface area contributed by atoms with Crippen LogP contribution in [0, 0.1) is 5.92 Å². The first kappa shape index (κ1) is 15.8. The Balaban J connectivity index is 1.57. The molecule has 2 saturated heterocycles. The van der Waals surface area contributed by atoms with Gasteiger partial charge in [0.25, 0.3) is 5.91 Å². The highest BCUT2D eigenvalue weighted by molar-refractivity contribution is 5.97. The smallest absolute Gasteiger partial charge is 0.257 e. The van der Waals surface area contributed by atoms with Gasteiger partial charge in [0.15, 0.2) is 0 Å². The van der Waals surface area contributed by atoms with E-state index in [1.807, 2.05) is 4.90 Å². The fourth-order valence-electron chi connectivity index (χ4n) is 3.28. The summed E-state index contributed by atoms with van der Waals surface area (Å²) in [6, 6.07) is 6.58. The highest BCUT2D eigenvalue weighted by atomic mass is 16.3. The lowest BCUT2D eigenvalue weighted by Crippen LogP contribution is -2.52. The first-order valence-electron chi connectivity index (χ1n) is 8.23. The van der Waals surface area contributed by atoms with Crippen LogP contribution in [0.5, 0.6) is 5.75 Å². The summed E-state index contributed by atoms with van der Waals surface area (Å²) in [5.41, 5.74) is 0.325. The van der Waals surface area contributed by atoms with Gasteiger partial charge in [0.1, 0.15) is 5.75 Å². The van der Waals surface area contributed by atoms with Crippen LogP contribution in [0.25, 0.3) is 0 Å². The normalized spacial score (nSPS) is 19.7. The van der Waals surface area contributed by atoms with Crippen LogP contribution < -0.4 is 5.32 Å². The number of hydrogen-bond donors (Lipinski definition) is 2. The van der Waals surface area contributed by atoms with E-state index < -0.39 is 0 Å². The first-order chi connectivity index (χ1) is 11.2. The lowest BCUT2D eigenvalue weighted by Gasteiger charge is -2.37. The van der Waals surface area contributed by atoms with Crippen molar-refractivity contribution in [2.45, 2.75) is 12.8 Å². The Labute approximate surface area is 136 Å². The van der Waals surface area contributed by atoms with Crippen LogP contribution in [0.4, 0.5) is 0 Å². The number of carbonyl (C=O) groups is 2. The molecule has 124 valence electrons. The fraction of sp³-hybridized carbons (Fsp3) is 0.529. The Morgan fingerprint density at radius 3 is 2.26 bits per heavy atom. The van der Waals surface area contributed by atoms with Crippen molar-refractivity contribution in [3.8, 4) is 5.75 Å². The van der Waals surface area contributed by atoms with Crippen molar-refractivity contribution in [3.63, 3.8) is 0 Å². The number of benzene rings is 1. The van der Waals surface area contributed by atoms with E-state index in [0.717, 1.165) is 25.9 Å². The molecule has 0 aromatic heterocycles. The number of amides is 2. The predicted molar refractivity (Wildman–Crippen MR) is 86.2 cm³/mol. The molecule has 0 bridgehead atoms. The monoisotopic (exact) mass is 317 g/mol. The Morgan fingerprint density at radius 2 is 1.61 bits per heavy atom. The zero-order valence-electron chi connectivity index (χ0n) is 13.2. The Bertz CT molecular complexity index is 576. The van der Waals surface area contributed by atoms with Crippen molar-refractivity contribution >= 4 is 11.8 Å². The molecule has 3 rings (SSSR count). The Kier molecular flexibility index (Phi) is 4.81. The summed E-state index contributed by atoms with van der Waals surface area (Å²) in [7, 11) is 0. The van der Waals surface area contributed by atoms with Crippen LogP contribution in [-0.2, 0) is 4.79 Å². The molecule has 0 saturated carbocycles. The molecule has 0 unspecified atom stereocenters. The molecule has 2 fully saturated rings. The van der Waals surface area contributed by atoms with E-state index in [9.17, 15) is 14.7 Å². The number of carbonyl (C=O) groups excluding carboxylic acids is 2. The number of nitrogens with one attached hydrogen (secondary N) is 1. The number of piperidine rings is 1. The fourth-order valence-corrected chi connectivity index (χ4v) is 3.28. The number of hydrogen-bond acceptors (Lipinski definition) is 4. The predicted octanol–water partition coefficient (Wildman–Crippen LogP) is 0.676. The second kappa shape index (κ2) is 7.00. The quantitative estimate of drug-likeness (QED) is 0.841. The lowest BCUT2D eigenvalue weighted by molar-refractivity contribution is -0.137. The van der Waals surface area contributed by atoms with Gasteiger partial charge < -0.3 is 20.2 Å². The van der Waals surface area contributed by atoms with Crippen molar-refractivity contribution in [1.29, 1.82) is 0 Å². The summed E-state index contributed by atoms with van der Waals surface area (Å²) in [6.07, 6.45) is 1.80. The van der Waals surface area contributed by atoms with Crippen molar-refractivity contribution in [3.05, 3.63) is 29.8 Å². The molecule has 2 aliphatic rings. The van der Waals surface area contributed by atoms with E-state index in [1.165, 1.54) is 6.07 Å². The van der Waals surface area contributed by atoms with E-state index in [-0.39, 0.29) is 23.5 Å². The van der Waals surface area contributed by atoms with E-state index in [2.05, 4.69) is 5.32 Å².